The average Bonchev–Trinajstić information content (AvgIpc) is 3.30. The summed E-state index contributed by atoms with van der Waals surface area (Å²) >= 11 is 0. The Balaban J connectivity index is 0.00000196. The summed E-state index contributed by atoms with van der Waals surface area (Å²) in [4.78, 5) is 16.8. The number of hydrogen-bond donors (Lipinski definition) is 2. The number of rotatable bonds is 5. The van der Waals surface area contributed by atoms with Crippen LogP contribution in [0.25, 0.3) is 0 Å². The van der Waals surface area contributed by atoms with E-state index in [2.05, 4.69) is 20.8 Å². The highest BCUT2D eigenvalue weighted by Gasteiger charge is 2.51. The highest BCUT2D eigenvalue weighted by atomic mass is 35.5. The topological polar surface area (TPSA) is 89.3 Å². The summed E-state index contributed by atoms with van der Waals surface area (Å²) in [5.41, 5.74) is 0.595. The molecule has 2 atom stereocenters. The number of nitrogens with one attached hydrogen (secondary N) is 2. The Morgan fingerprint density at radius 2 is 2.31 bits per heavy atom. The zero-order valence-electron chi connectivity index (χ0n) is 14.7. The van der Waals surface area contributed by atoms with Gasteiger partial charge in [-0.05, 0) is 37.4 Å². The van der Waals surface area contributed by atoms with E-state index in [1.54, 1.807) is 19.2 Å². The van der Waals surface area contributed by atoms with Gasteiger partial charge in [0.2, 0.25) is 11.8 Å². The third-order valence-electron chi connectivity index (χ3n) is 5.38. The van der Waals surface area contributed by atoms with Crippen LogP contribution in [0.1, 0.15) is 31.0 Å². The van der Waals surface area contributed by atoms with Crippen molar-refractivity contribution in [2.45, 2.75) is 31.1 Å². The molecule has 140 valence electrons. The second-order valence-corrected chi connectivity index (χ2v) is 6.82. The summed E-state index contributed by atoms with van der Waals surface area (Å²) in [6.45, 7) is 1.89. The first kappa shape index (κ1) is 18.7. The fourth-order valence-corrected chi connectivity index (χ4v) is 4.12. The molecule has 2 fully saturated rings. The van der Waals surface area contributed by atoms with Gasteiger partial charge in [-0.3, -0.25) is 4.79 Å². The van der Waals surface area contributed by atoms with E-state index < -0.39 is 0 Å². The number of benzene rings is 1. The smallest absolute Gasteiger partial charge is 0.234 e. The van der Waals surface area contributed by atoms with Crippen molar-refractivity contribution in [1.29, 1.82) is 0 Å². The van der Waals surface area contributed by atoms with Crippen molar-refractivity contribution in [1.82, 2.24) is 15.5 Å². The number of fused-ring (bicyclic) bond motifs is 1. The molecule has 0 spiro atoms. The van der Waals surface area contributed by atoms with E-state index in [1.807, 2.05) is 12.1 Å². The molecule has 2 aromatic rings. The van der Waals surface area contributed by atoms with Crippen LogP contribution in [-0.2, 0) is 16.6 Å². The number of methoxy groups -OCH3 is 1. The molecule has 1 saturated heterocycles. The van der Waals surface area contributed by atoms with E-state index in [4.69, 9.17) is 9.26 Å². The Morgan fingerprint density at radius 1 is 1.46 bits per heavy atom. The summed E-state index contributed by atoms with van der Waals surface area (Å²) in [5, 5.41) is 10.3. The van der Waals surface area contributed by atoms with Gasteiger partial charge >= 0.3 is 0 Å². The van der Waals surface area contributed by atoms with Crippen molar-refractivity contribution < 1.29 is 14.1 Å². The van der Waals surface area contributed by atoms with Crippen LogP contribution in [-0.4, -0.2) is 36.2 Å². The molecule has 7 nitrogen and oxygen atoms in total. The highest BCUT2D eigenvalue weighted by Crippen LogP contribution is 2.47. The van der Waals surface area contributed by atoms with E-state index in [1.165, 1.54) is 12.8 Å². The lowest BCUT2D eigenvalue weighted by atomic mass is 9.80. The summed E-state index contributed by atoms with van der Waals surface area (Å²) < 4.78 is 10.8. The molecule has 1 aliphatic carbocycles. The van der Waals surface area contributed by atoms with Crippen LogP contribution in [0.5, 0.6) is 5.75 Å². The molecule has 1 saturated carbocycles. The van der Waals surface area contributed by atoms with Gasteiger partial charge in [-0.1, -0.05) is 23.7 Å². The van der Waals surface area contributed by atoms with Crippen molar-refractivity contribution in [2.24, 2.45) is 5.92 Å². The number of amides is 1. The Bertz CT molecular complexity index is 769. The van der Waals surface area contributed by atoms with Crippen molar-refractivity contribution in [2.75, 3.05) is 25.5 Å². The summed E-state index contributed by atoms with van der Waals surface area (Å²) in [5.74, 6) is 2.09. The molecule has 1 amide bonds. The quantitative estimate of drug-likeness (QED) is 0.830. The number of carbonyl (C=O) groups is 1. The third-order valence-corrected chi connectivity index (χ3v) is 5.38. The molecule has 4 rings (SSSR count). The summed E-state index contributed by atoms with van der Waals surface area (Å²) in [6.07, 6.45) is 3.53. The van der Waals surface area contributed by atoms with Gasteiger partial charge < -0.3 is 19.9 Å². The normalized spacial score (nSPS) is 24.0. The maximum Gasteiger partial charge on any atom is 0.234 e. The molecule has 2 N–H and O–H groups in total. The van der Waals surface area contributed by atoms with Crippen LogP contribution in [0, 0.1) is 5.92 Å². The monoisotopic (exact) mass is 378 g/mol. The maximum absolute atomic E-state index is 12.3. The first-order chi connectivity index (χ1) is 12.2. The molecular formula is C18H23ClN4O3. The molecule has 1 aliphatic heterocycles. The maximum atomic E-state index is 12.3. The fourth-order valence-electron chi connectivity index (χ4n) is 4.12. The van der Waals surface area contributed by atoms with Crippen LogP contribution >= 0.6 is 12.4 Å². The number of aromatic nitrogens is 2. The molecule has 1 aromatic carbocycles. The number of hydrogen-bond acceptors (Lipinski definition) is 6. The van der Waals surface area contributed by atoms with Crippen molar-refractivity contribution in [3.05, 3.63) is 36.0 Å². The highest BCUT2D eigenvalue weighted by molar-refractivity contribution is 5.93. The predicted octanol–water partition coefficient (Wildman–Crippen LogP) is 2.32. The molecule has 0 radical (unpaired) electrons. The van der Waals surface area contributed by atoms with Crippen LogP contribution in [0.3, 0.4) is 0 Å². The van der Waals surface area contributed by atoms with E-state index in [9.17, 15) is 4.79 Å². The summed E-state index contributed by atoms with van der Waals surface area (Å²) in [6, 6.07) is 7.29. The molecule has 0 bridgehead atoms. The lowest BCUT2D eigenvalue weighted by molar-refractivity contribution is -0.115. The minimum atomic E-state index is -0.193. The largest absolute Gasteiger partial charge is 0.495 e. The number of halogens is 1. The molecule has 2 heterocycles. The molecule has 8 heteroatoms. The van der Waals surface area contributed by atoms with Gasteiger partial charge in [0.1, 0.15) is 5.75 Å². The van der Waals surface area contributed by atoms with Gasteiger partial charge in [-0.25, -0.2) is 0 Å². The second kappa shape index (κ2) is 7.63. The number of nitrogens with zero attached hydrogens (tertiary/aromatic N) is 2. The Labute approximate surface area is 158 Å². The lowest BCUT2D eigenvalue weighted by Gasteiger charge is -2.22. The Kier molecular flexibility index (Phi) is 5.48. The molecule has 26 heavy (non-hydrogen) atoms. The molecule has 2 aliphatic rings. The van der Waals surface area contributed by atoms with Gasteiger partial charge in [0.15, 0.2) is 5.82 Å². The predicted molar refractivity (Wildman–Crippen MR) is 98.8 cm³/mol. The minimum Gasteiger partial charge on any atom is -0.495 e. The standard InChI is InChI=1S/C18H22N4O3.ClH/c1-24-14-7-3-2-6-13(14)20-16(23)9-15-21-17(25-22-15)18-8-4-5-12(18)10-19-11-18;/h2-3,6-7,12,19H,4-5,8-11H2,1H3,(H,20,23);1H/t12-,18-;/m1./s1. The van der Waals surface area contributed by atoms with E-state index in [-0.39, 0.29) is 30.2 Å². The second-order valence-electron chi connectivity index (χ2n) is 6.82. The minimum absolute atomic E-state index is 0. The van der Waals surface area contributed by atoms with Crippen molar-refractivity contribution >= 4 is 24.0 Å². The fraction of sp³-hybridized carbons (Fsp3) is 0.500. The van der Waals surface area contributed by atoms with Gasteiger partial charge in [-0.15, -0.1) is 12.4 Å². The Hall–Kier alpha value is -2.12. The van der Waals surface area contributed by atoms with E-state index in [0.717, 1.165) is 19.5 Å². The molecule has 0 unspecified atom stereocenters. The van der Waals surface area contributed by atoms with Crippen LogP contribution < -0.4 is 15.4 Å². The zero-order chi connectivity index (χ0) is 17.3. The molecular weight excluding hydrogens is 356 g/mol. The van der Waals surface area contributed by atoms with Crippen LogP contribution in [0.2, 0.25) is 0 Å². The number of ether oxygens (including phenoxy) is 1. The van der Waals surface area contributed by atoms with Gasteiger partial charge in [0.05, 0.1) is 24.6 Å². The Morgan fingerprint density at radius 3 is 3.15 bits per heavy atom. The third kappa shape index (κ3) is 3.29. The van der Waals surface area contributed by atoms with Gasteiger partial charge in [0.25, 0.3) is 0 Å². The first-order valence-electron chi connectivity index (χ1n) is 8.68. The van der Waals surface area contributed by atoms with Gasteiger partial charge in [-0.2, -0.15) is 4.98 Å². The van der Waals surface area contributed by atoms with E-state index >= 15 is 0 Å². The van der Waals surface area contributed by atoms with E-state index in [0.29, 0.717) is 29.1 Å². The summed E-state index contributed by atoms with van der Waals surface area (Å²) in [7, 11) is 1.57. The van der Waals surface area contributed by atoms with Gasteiger partial charge in [0, 0.05) is 6.54 Å². The molecule has 1 aromatic heterocycles. The zero-order valence-corrected chi connectivity index (χ0v) is 15.5. The number of carbonyl (C=O) groups excluding carboxylic acids is 1. The average molecular weight is 379 g/mol. The lowest BCUT2D eigenvalue weighted by Crippen LogP contribution is -2.31. The van der Waals surface area contributed by atoms with Crippen LogP contribution in [0.15, 0.2) is 28.8 Å². The SMILES string of the molecule is COc1ccccc1NC(=O)Cc1noc([C@@]23CCC[C@@H]2CNC3)n1.Cl. The first-order valence-corrected chi connectivity index (χ1v) is 8.68. The number of anilines is 1. The van der Waals surface area contributed by atoms with Crippen molar-refractivity contribution in [3.8, 4) is 5.75 Å². The van der Waals surface area contributed by atoms with Crippen LogP contribution in [0.4, 0.5) is 5.69 Å². The van der Waals surface area contributed by atoms with Crippen molar-refractivity contribution in [3.63, 3.8) is 0 Å². The number of para-hydroxylation sites is 2.